The van der Waals surface area contributed by atoms with Crippen molar-refractivity contribution in [2.45, 2.75) is 31.2 Å². The highest BCUT2D eigenvalue weighted by molar-refractivity contribution is 7.98. The average Bonchev–Trinajstić information content (AvgIpc) is 2.58. The minimum Gasteiger partial charge on any atom is -0.323 e. The van der Waals surface area contributed by atoms with Gasteiger partial charge in [0.15, 0.2) is 0 Å². The summed E-state index contributed by atoms with van der Waals surface area (Å²) in [5, 5.41) is 2.88. The SMILES string of the molecule is CC[C@@H](C(=O)Nc1ccccc1SC)N(c1cccc(C)c1)S(C)(=O)=O. The second-order valence-electron chi connectivity index (χ2n) is 6.01. The van der Waals surface area contributed by atoms with E-state index in [0.29, 0.717) is 17.8 Å². The number of nitrogens with one attached hydrogen (secondary N) is 1. The highest BCUT2D eigenvalue weighted by atomic mass is 32.2. The number of amides is 1. The number of thioether (sulfide) groups is 1. The number of nitrogens with zero attached hydrogens (tertiary/aromatic N) is 1. The minimum atomic E-state index is -3.63. The molecule has 7 heteroatoms. The summed E-state index contributed by atoms with van der Waals surface area (Å²) in [4.78, 5) is 13.9. The van der Waals surface area contributed by atoms with E-state index in [1.165, 1.54) is 16.1 Å². The van der Waals surface area contributed by atoms with E-state index in [1.54, 1.807) is 25.1 Å². The molecular formula is C19H24N2O3S2. The number of hydrogen-bond acceptors (Lipinski definition) is 4. The first kappa shape index (κ1) is 20.3. The molecule has 2 aromatic carbocycles. The van der Waals surface area contributed by atoms with Gasteiger partial charge in [-0.1, -0.05) is 31.2 Å². The molecule has 0 unspecified atom stereocenters. The molecule has 0 saturated carbocycles. The lowest BCUT2D eigenvalue weighted by molar-refractivity contribution is -0.117. The van der Waals surface area contributed by atoms with Gasteiger partial charge < -0.3 is 5.32 Å². The Morgan fingerprint density at radius 2 is 1.88 bits per heavy atom. The van der Waals surface area contributed by atoms with Gasteiger partial charge in [-0.2, -0.15) is 0 Å². The van der Waals surface area contributed by atoms with E-state index in [4.69, 9.17) is 0 Å². The first-order chi connectivity index (χ1) is 12.3. The van der Waals surface area contributed by atoms with Gasteiger partial charge >= 0.3 is 0 Å². The van der Waals surface area contributed by atoms with E-state index in [1.807, 2.05) is 43.5 Å². The number of para-hydroxylation sites is 1. The molecule has 2 aromatic rings. The maximum atomic E-state index is 12.9. The normalized spacial score (nSPS) is 12.5. The van der Waals surface area contributed by atoms with Gasteiger partial charge in [-0.25, -0.2) is 8.42 Å². The van der Waals surface area contributed by atoms with Crippen LogP contribution in [0, 0.1) is 6.92 Å². The van der Waals surface area contributed by atoms with E-state index in [0.717, 1.165) is 16.7 Å². The molecule has 2 rings (SSSR count). The van der Waals surface area contributed by atoms with E-state index >= 15 is 0 Å². The lowest BCUT2D eigenvalue weighted by atomic mass is 10.1. The second kappa shape index (κ2) is 8.60. The second-order valence-corrected chi connectivity index (χ2v) is 8.72. The maximum absolute atomic E-state index is 12.9. The van der Waals surface area contributed by atoms with Crippen LogP contribution in [0.5, 0.6) is 0 Å². The zero-order chi connectivity index (χ0) is 19.3. The molecule has 1 N–H and O–H groups in total. The molecule has 0 aliphatic carbocycles. The largest absolute Gasteiger partial charge is 0.323 e. The summed E-state index contributed by atoms with van der Waals surface area (Å²) >= 11 is 1.52. The van der Waals surface area contributed by atoms with Crippen LogP contribution in [0.4, 0.5) is 11.4 Å². The van der Waals surface area contributed by atoms with Crippen molar-refractivity contribution in [3.05, 3.63) is 54.1 Å². The van der Waals surface area contributed by atoms with Crippen LogP contribution in [0.3, 0.4) is 0 Å². The molecule has 5 nitrogen and oxygen atoms in total. The predicted molar refractivity (Wildman–Crippen MR) is 109 cm³/mol. The van der Waals surface area contributed by atoms with Crippen LogP contribution in [0.25, 0.3) is 0 Å². The molecule has 0 aliphatic rings. The molecular weight excluding hydrogens is 368 g/mol. The van der Waals surface area contributed by atoms with Crippen LogP contribution in [0.15, 0.2) is 53.4 Å². The molecule has 0 saturated heterocycles. The summed E-state index contributed by atoms with van der Waals surface area (Å²) in [5.74, 6) is -0.346. The van der Waals surface area contributed by atoms with Crippen LogP contribution < -0.4 is 9.62 Å². The maximum Gasteiger partial charge on any atom is 0.248 e. The zero-order valence-corrected chi connectivity index (χ0v) is 17.0. The van der Waals surface area contributed by atoms with Crippen LogP contribution in [-0.2, 0) is 14.8 Å². The lowest BCUT2D eigenvalue weighted by Gasteiger charge is -2.30. The Morgan fingerprint density at radius 3 is 2.46 bits per heavy atom. The Hall–Kier alpha value is -1.99. The third-order valence-corrected chi connectivity index (χ3v) is 5.93. The molecule has 0 aromatic heterocycles. The van der Waals surface area contributed by atoms with Gasteiger partial charge in [-0.15, -0.1) is 11.8 Å². The number of aryl methyl sites for hydroxylation is 1. The van der Waals surface area contributed by atoms with Crippen LogP contribution >= 0.6 is 11.8 Å². The predicted octanol–water partition coefficient (Wildman–Crippen LogP) is 3.90. The third kappa shape index (κ3) is 4.80. The first-order valence-corrected chi connectivity index (χ1v) is 11.3. The molecule has 0 radical (unpaired) electrons. The van der Waals surface area contributed by atoms with Crippen molar-refractivity contribution in [3.8, 4) is 0 Å². The quantitative estimate of drug-likeness (QED) is 0.726. The molecule has 0 aliphatic heterocycles. The van der Waals surface area contributed by atoms with Crippen LogP contribution in [0.1, 0.15) is 18.9 Å². The fourth-order valence-corrected chi connectivity index (χ4v) is 4.55. The van der Waals surface area contributed by atoms with E-state index in [2.05, 4.69) is 5.32 Å². The summed E-state index contributed by atoms with van der Waals surface area (Å²) in [6, 6.07) is 13.8. The zero-order valence-electron chi connectivity index (χ0n) is 15.4. The lowest BCUT2D eigenvalue weighted by Crippen LogP contribution is -2.47. The number of carbonyl (C=O) groups is 1. The molecule has 140 valence electrons. The Balaban J connectivity index is 2.40. The number of sulfonamides is 1. The monoisotopic (exact) mass is 392 g/mol. The fourth-order valence-electron chi connectivity index (χ4n) is 2.79. The fraction of sp³-hybridized carbons (Fsp3) is 0.316. The van der Waals surface area contributed by atoms with Crippen molar-refractivity contribution < 1.29 is 13.2 Å². The summed E-state index contributed by atoms with van der Waals surface area (Å²) in [6.07, 6.45) is 3.41. The number of hydrogen-bond donors (Lipinski definition) is 1. The van der Waals surface area contributed by atoms with Crippen molar-refractivity contribution in [2.24, 2.45) is 0 Å². The highest BCUT2D eigenvalue weighted by Gasteiger charge is 2.31. The summed E-state index contributed by atoms with van der Waals surface area (Å²) in [6.45, 7) is 3.69. The van der Waals surface area contributed by atoms with Crippen molar-refractivity contribution in [1.82, 2.24) is 0 Å². The molecule has 0 heterocycles. The number of benzene rings is 2. The van der Waals surface area contributed by atoms with Crippen LogP contribution in [-0.4, -0.2) is 32.9 Å². The van der Waals surface area contributed by atoms with Gasteiger partial charge in [0.2, 0.25) is 15.9 Å². The molecule has 1 atom stereocenters. The van der Waals surface area contributed by atoms with E-state index < -0.39 is 16.1 Å². The van der Waals surface area contributed by atoms with Gasteiger partial charge in [-0.3, -0.25) is 9.10 Å². The van der Waals surface area contributed by atoms with E-state index in [-0.39, 0.29) is 5.91 Å². The Labute approximate surface area is 159 Å². The van der Waals surface area contributed by atoms with Gasteiger partial charge in [0.1, 0.15) is 6.04 Å². The summed E-state index contributed by atoms with van der Waals surface area (Å²) < 4.78 is 26.1. The molecule has 1 amide bonds. The Bertz CT molecular complexity index is 882. The Morgan fingerprint density at radius 1 is 1.19 bits per heavy atom. The Kier molecular flexibility index (Phi) is 6.72. The third-order valence-electron chi connectivity index (χ3n) is 3.95. The number of carbonyl (C=O) groups excluding carboxylic acids is 1. The van der Waals surface area contributed by atoms with Gasteiger partial charge in [0, 0.05) is 4.90 Å². The average molecular weight is 393 g/mol. The highest BCUT2D eigenvalue weighted by Crippen LogP contribution is 2.27. The van der Waals surface area contributed by atoms with Crippen molar-refractivity contribution >= 4 is 39.1 Å². The summed E-state index contributed by atoms with van der Waals surface area (Å²) in [7, 11) is -3.63. The molecule has 0 bridgehead atoms. The number of anilines is 2. The molecule has 0 spiro atoms. The van der Waals surface area contributed by atoms with Crippen molar-refractivity contribution in [2.75, 3.05) is 22.1 Å². The molecule has 0 fully saturated rings. The topological polar surface area (TPSA) is 66.5 Å². The standard InChI is InChI=1S/C19H24N2O3S2/c1-5-17(19(22)20-16-11-6-7-12-18(16)25-3)21(26(4,23)24)15-10-8-9-14(2)13-15/h6-13,17H,5H2,1-4H3,(H,20,22)/t17-/m0/s1. The minimum absolute atomic E-state index is 0.346. The summed E-state index contributed by atoms with van der Waals surface area (Å²) in [5.41, 5.74) is 2.10. The van der Waals surface area contributed by atoms with Crippen molar-refractivity contribution in [1.29, 1.82) is 0 Å². The van der Waals surface area contributed by atoms with E-state index in [9.17, 15) is 13.2 Å². The van der Waals surface area contributed by atoms with Gasteiger partial charge in [-0.05, 0) is 49.4 Å². The van der Waals surface area contributed by atoms with Crippen LogP contribution in [0.2, 0.25) is 0 Å². The first-order valence-electron chi connectivity index (χ1n) is 8.28. The van der Waals surface area contributed by atoms with Gasteiger partial charge in [0.05, 0.1) is 17.6 Å². The van der Waals surface area contributed by atoms with Crippen molar-refractivity contribution in [3.63, 3.8) is 0 Å². The molecule has 26 heavy (non-hydrogen) atoms. The number of rotatable bonds is 7. The van der Waals surface area contributed by atoms with Gasteiger partial charge in [0.25, 0.3) is 0 Å². The smallest absolute Gasteiger partial charge is 0.248 e.